The van der Waals surface area contributed by atoms with Crippen molar-refractivity contribution in [1.82, 2.24) is 30.4 Å². The summed E-state index contributed by atoms with van der Waals surface area (Å²) in [6, 6.07) is 7.07. The fraction of sp³-hybridized carbons (Fsp3) is 0.500. The Hall–Kier alpha value is -2.52. The largest absolute Gasteiger partial charge is 0.486 e. The monoisotopic (exact) mass is 346 g/mol. The Morgan fingerprint density at radius 1 is 1.36 bits per heavy atom. The van der Waals surface area contributed by atoms with Crippen molar-refractivity contribution in [2.45, 2.75) is 6.61 Å². The van der Waals surface area contributed by atoms with Gasteiger partial charge in [-0.2, -0.15) is 0 Å². The van der Waals surface area contributed by atoms with Crippen LogP contribution in [0.5, 0.6) is 5.75 Å². The lowest BCUT2D eigenvalue weighted by Gasteiger charge is -2.26. The molecule has 134 valence electrons. The summed E-state index contributed by atoms with van der Waals surface area (Å²) in [6.07, 6.45) is 0. The molecule has 0 bridgehead atoms. The molecule has 1 amide bonds. The molecular weight excluding hydrogens is 324 g/mol. The summed E-state index contributed by atoms with van der Waals surface area (Å²) < 4.78 is 12.5. The lowest BCUT2D eigenvalue weighted by atomic mass is 10.2. The maximum absolute atomic E-state index is 12.3. The van der Waals surface area contributed by atoms with Gasteiger partial charge >= 0.3 is 0 Å². The number of ether oxygens (including phenoxy) is 2. The first-order chi connectivity index (χ1) is 12.2. The minimum atomic E-state index is -0.112. The molecule has 1 fully saturated rings. The zero-order chi connectivity index (χ0) is 17.5. The van der Waals surface area contributed by atoms with Crippen LogP contribution in [0, 0.1) is 0 Å². The fourth-order valence-electron chi connectivity index (χ4n) is 2.50. The zero-order valence-electron chi connectivity index (χ0n) is 14.2. The fourth-order valence-corrected chi connectivity index (χ4v) is 2.50. The van der Waals surface area contributed by atoms with E-state index in [1.165, 1.54) is 0 Å². The molecule has 9 nitrogen and oxygen atoms in total. The van der Waals surface area contributed by atoms with Gasteiger partial charge in [0.1, 0.15) is 12.4 Å². The van der Waals surface area contributed by atoms with Gasteiger partial charge in [-0.25, -0.2) is 4.68 Å². The molecule has 2 aromatic rings. The Kier molecular flexibility index (Phi) is 5.91. The molecule has 3 rings (SSSR count). The van der Waals surface area contributed by atoms with Crippen LogP contribution in [0.25, 0.3) is 0 Å². The number of morpholine rings is 1. The minimum Gasteiger partial charge on any atom is -0.486 e. The molecule has 1 aromatic carbocycles. The molecule has 1 aliphatic rings. The molecule has 0 unspecified atom stereocenters. The third kappa shape index (κ3) is 4.97. The van der Waals surface area contributed by atoms with E-state index in [-0.39, 0.29) is 12.5 Å². The van der Waals surface area contributed by atoms with Crippen molar-refractivity contribution in [3.63, 3.8) is 0 Å². The van der Waals surface area contributed by atoms with Crippen LogP contribution in [0.1, 0.15) is 16.2 Å². The average molecular weight is 346 g/mol. The van der Waals surface area contributed by atoms with Gasteiger partial charge in [-0.05, 0) is 28.6 Å². The van der Waals surface area contributed by atoms with Gasteiger partial charge in [0.2, 0.25) is 0 Å². The van der Waals surface area contributed by atoms with Crippen LogP contribution in [-0.4, -0.2) is 70.4 Å². The molecule has 1 aliphatic heterocycles. The topological polar surface area (TPSA) is 94.4 Å². The summed E-state index contributed by atoms with van der Waals surface area (Å²) in [5.41, 5.74) is 0.565. The van der Waals surface area contributed by atoms with Crippen molar-refractivity contribution in [1.29, 1.82) is 0 Å². The lowest BCUT2D eigenvalue weighted by molar-refractivity contribution is 0.0383. The van der Waals surface area contributed by atoms with E-state index in [0.29, 0.717) is 23.7 Å². The number of tetrazole rings is 1. The van der Waals surface area contributed by atoms with E-state index in [1.54, 1.807) is 36.0 Å². The molecule has 0 saturated carbocycles. The van der Waals surface area contributed by atoms with E-state index in [9.17, 15) is 4.79 Å². The van der Waals surface area contributed by atoms with E-state index in [1.807, 2.05) is 0 Å². The maximum atomic E-state index is 12.3. The quantitative estimate of drug-likeness (QED) is 0.745. The number of carbonyl (C=O) groups is 1. The number of nitrogens with one attached hydrogen (secondary N) is 1. The van der Waals surface area contributed by atoms with Crippen LogP contribution in [0.15, 0.2) is 24.3 Å². The number of rotatable bonds is 7. The Labute approximate surface area is 145 Å². The molecule has 0 radical (unpaired) electrons. The number of carbonyl (C=O) groups excluding carboxylic acids is 1. The van der Waals surface area contributed by atoms with Crippen molar-refractivity contribution in [3.8, 4) is 5.75 Å². The van der Waals surface area contributed by atoms with Gasteiger partial charge in [0.15, 0.2) is 5.82 Å². The van der Waals surface area contributed by atoms with Crippen LogP contribution < -0.4 is 10.1 Å². The third-order valence-corrected chi connectivity index (χ3v) is 3.99. The molecule has 1 saturated heterocycles. The molecule has 0 atom stereocenters. The molecule has 0 aliphatic carbocycles. The smallest absolute Gasteiger partial charge is 0.251 e. The number of benzene rings is 1. The number of aryl methyl sites for hydroxylation is 1. The predicted molar refractivity (Wildman–Crippen MR) is 89.2 cm³/mol. The summed E-state index contributed by atoms with van der Waals surface area (Å²) >= 11 is 0. The molecular formula is C16H22N6O3. The Bertz CT molecular complexity index is 699. The highest BCUT2D eigenvalue weighted by Gasteiger charge is 2.11. The summed E-state index contributed by atoms with van der Waals surface area (Å²) in [7, 11) is 1.75. The highest BCUT2D eigenvalue weighted by atomic mass is 16.5. The van der Waals surface area contributed by atoms with E-state index in [4.69, 9.17) is 9.47 Å². The maximum Gasteiger partial charge on any atom is 0.251 e. The summed E-state index contributed by atoms with van der Waals surface area (Å²) in [5, 5.41) is 14.1. The van der Waals surface area contributed by atoms with Gasteiger partial charge in [0.05, 0.1) is 13.2 Å². The highest BCUT2D eigenvalue weighted by Crippen LogP contribution is 2.14. The molecule has 1 N–H and O–H groups in total. The Morgan fingerprint density at radius 3 is 2.96 bits per heavy atom. The highest BCUT2D eigenvalue weighted by molar-refractivity contribution is 5.94. The minimum absolute atomic E-state index is 0.112. The molecule has 0 spiro atoms. The van der Waals surface area contributed by atoms with Gasteiger partial charge in [-0.15, -0.1) is 5.10 Å². The van der Waals surface area contributed by atoms with Crippen LogP contribution in [-0.2, 0) is 18.4 Å². The Balaban J connectivity index is 1.48. The van der Waals surface area contributed by atoms with Crippen molar-refractivity contribution in [2.24, 2.45) is 7.05 Å². The van der Waals surface area contributed by atoms with E-state index >= 15 is 0 Å². The van der Waals surface area contributed by atoms with Crippen LogP contribution in [0.3, 0.4) is 0 Å². The summed E-state index contributed by atoms with van der Waals surface area (Å²) in [4.78, 5) is 14.6. The number of nitrogens with zero attached hydrogens (tertiary/aromatic N) is 5. The average Bonchev–Trinajstić information content (AvgIpc) is 3.06. The zero-order valence-corrected chi connectivity index (χ0v) is 14.2. The summed E-state index contributed by atoms with van der Waals surface area (Å²) in [6.45, 7) is 5.01. The third-order valence-electron chi connectivity index (χ3n) is 3.99. The SMILES string of the molecule is Cn1nnnc1COc1cccc(C(=O)NCCN2CCOCC2)c1. The predicted octanol–water partition coefficient (Wildman–Crippen LogP) is -0.149. The second-order valence-electron chi connectivity index (χ2n) is 5.75. The normalized spacial score (nSPS) is 15.1. The number of aromatic nitrogens is 4. The van der Waals surface area contributed by atoms with Gasteiger partial charge in [0.25, 0.3) is 5.91 Å². The molecule has 2 heterocycles. The first-order valence-corrected chi connectivity index (χ1v) is 8.25. The first kappa shape index (κ1) is 17.3. The van der Waals surface area contributed by atoms with Crippen molar-refractivity contribution >= 4 is 5.91 Å². The Morgan fingerprint density at radius 2 is 2.20 bits per heavy atom. The number of hydrogen-bond donors (Lipinski definition) is 1. The van der Waals surface area contributed by atoms with E-state index in [0.717, 1.165) is 32.8 Å². The van der Waals surface area contributed by atoms with E-state index < -0.39 is 0 Å². The number of amides is 1. The van der Waals surface area contributed by atoms with Crippen LogP contribution in [0.4, 0.5) is 0 Å². The second kappa shape index (κ2) is 8.54. The first-order valence-electron chi connectivity index (χ1n) is 8.25. The van der Waals surface area contributed by atoms with Gasteiger partial charge in [0, 0.05) is 38.8 Å². The molecule has 9 heteroatoms. The van der Waals surface area contributed by atoms with E-state index in [2.05, 4.69) is 25.7 Å². The van der Waals surface area contributed by atoms with Gasteiger partial charge in [-0.1, -0.05) is 6.07 Å². The van der Waals surface area contributed by atoms with Crippen molar-refractivity contribution < 1.29 is 14.3 Å². The van der Waals surface area contributed by atoms with Gasteiger partial charge < -0.3 is 14.8 Å². The van der Waals surface area contributed by atoms with Crippen molar-refractivity contribution in [2.75, 3.05) is 39.4 Å². The van der Waals surface area contributed by atoms with Crippen LogP contribution >= 0.6 is 0 Å². The molecule has 25 heavy (non-hydrogen) atoms. The molecule has 1 aromatic heterocycles. The standard InChI is InChI=1S/C16H22N6O3/c1-21-15(18-19-20-21)12-25-14-4-2-3-13(11-14)16(23)17-5-6-22-7-9-24-10-8-22/h2-4,11H,5-10,12H2,1H3,(H,17,23). The lowest BCUT2D eigenvalue weighted by Crippen LogP contribution is -2.41. The van der Waals surface area contributed by atoms with Gasteiger partial charge in [-0.3, -0.25) is 9.69 Å². The second-order valence-corrected chi connectivity index (χ2v) is 5.75. The van der Waals surface area contributed by atoms with Crippen molar-refractivity contribution in [3.05, 3.63) is 35.7 Å². The van der Waals surface area contributed by atoms with Crippen LogP contribution in [0.2, 0.25) is 0 Å². The number of hydrogen-bond acceptors (Lipinski definition) is 7. The summed E-state index contributed by atoms with van der Waals surface area (Å²) in [5.74, 6) is 1.10.